The Morgan fingerprint density at radius 3 is 1.93 bits per heavy atom. The molecule has 0 atom stereocenters. The first-order valence-corrected chi connectivity index (χ1v) is 9.43. The van der Waals surface area contributed by atoms with Crippen molar-refractivity contribution in [2.75, 3.05) is 7.11 Å². The summed E-state index contributed by atoms with van der Waals surface area (Å²) in [6, 6.07) is 23.8. The molecule has 3 rings (SSSR count). The molecule has 0 unspecified atom stereocenters. The Labute approximate surface area is 171 Å². The fourth-order valence-electron chi connectivity index (χ4n) is 2.86. The van der Waals surface area contributed by atoms with Gasteiger partial charge < -0.3 is 4.74 Å². The van der Waals surface area contributed by atoms with E-state index in [1.807, 2.05) is 60.7 Å². The minimum absolute atomic E-state index is 0.321. The van der Waals surface area contributed by atoms with E-state index in [-0.39, 0.29) is 5.91 Å². The van der Waals surface area contributed by atoms with E-state index in [0.717, 1.165) is 11.1 Å². The lowest BCUT2D eigenvalue weighted by atomic mass is 9.91. The molecule has 0 saturated carbocycles. The van der Waals surface area contributed by atoms with E-state index in [1.165, 1.54) is 0 Å². The molecule has 142 valence electrons. The van der Waals surface area contributed by atoms with Crippen LogP contribution in [0.1, 0.15) is 27.4 Å². The molecule has 0 bridgehead atoms. The summed E-state index contributed by atoms with van der Waals surface area (Å²) in [7, 11) is 1.55. The van der Waals surface area contributed by atoms with Gasteiger partial charge in [-0.3, -0.25) is 20.4 Å². The van der Waals surface area contributed by atoms with Gasteiger partial charge in [-0.2, -0.15) is 0 Å². The molecule has 2 amide bonds. The summed E-state index contributed by atoms with van der Waals surface area (Å²) in [5, 5.41) is 0. The van der Waals surface area contributed by atoms with E-state index >= 15 is 0 Å². The van der Waals surface area contributed by atoms with Crippen LogP contribution in [0.25, 0.3) is 0 Å². The third-order valence-electron chi connectivity index (χ3n) is 4.24. The maximum atomic E-state index is 12.9. The standard InChI is InChI=1S/C22H19BrN2O3/c1-28-19-13-12-17(14-18(19)23)21(26)24-25-22(27)20(15-8-4-2-5-9-15)16-10-6-3-7-11-16/h2-14,20H,1H3,(H,24,26)(H,25,27). The number of benzene rings is 3. The van der Waals surface area contributed by atoms with Crippen molar-refractivity contribution in [1.82, 2.24) is 10.9 Å². The van der Waals surface area contributed by atoms with Gasteiger partial charge in [-0.05, 0) is 45.3 Å². The molecular formula is C22H19BrN2O3. The van der Waals surface area contributed by atoms with Crippen LogP contribution in [-0.4, -0.2) is 18.9 Å². The number of ether oxygens (including phenoxy) is 1. The Morgan fingerprint density at radius 2 is 1.43 bits per heavy atom. The molecule has 2 N–H and O–H groups in total. The number of methoxy groups -OCH3 is 1. The molecule has 0 aliphatic heterocycles. The summed E-state index contributed by atoms with van der Waals surface area (Å²) < 4.78 is 5.81. The number of hydrogen-bond donors (Lipinski definition) is 2. The zero-order valence-electron chi connectivity index (χ0n) is 15.2. The van der Waals surface area contributed by atoms with Gasteiger partial charge in [-0.1, -0.05) is 60.7 Å². The Bertz CT molecular complexity index is 923. The molecule has 0 aromatic heterocycles. The third-order valence-corrected chi connectivity index (χ3v) is 4.86. The largest absolute Gasteiger partial charge is 0.496 e. The highest BCUT2D eigenvalue weighted by Gasteiger charge is 2.23. The molecule has 0 heterocycles. The van der Waals surface area contributed by atoms with Crippen LogP contribution in [0.4, 0.5) is 0 Å². The molecule has 28 heavy (non-hydrogen) atoms. The van der Waals surface area contributed by atoms with E-state index in [2.05, 4.69) is 26.8 Å². The van der Waals surface area contributed by atoms with Gasteiger partial charge in [0.15, 0.2) is 0 Å². The molecule has 0 radical (unpaired) electrons. The second kappa shape index (κ2) is 9.19. The first-order chi connectivity index (χ1) is 13.6. The molecule has 3 aromatic rings. The average molecular weight is 439 g/mol. The quantitative estimate of drug-likeness (QED) is 0.590. The smallest absolute Gasteiger partial charge is 0.269 e. The highest BCUT2D eigenvalue weighted by Crippen LogP contribution is 2.26. The highest BCUT2D eigenvalue weighted by atomic mass is 79.9. The van der Waals surface area contributed by atoms with Crippen LogP contribution >= 0.6 is 15.9 Å². The SMILES string of the molecule is COc1ccc(C(=O)NNC(=O)C(c2ccccc2)c2ccccc2)cc1Br. The van der Waals surface area contributed by atoms with Crippen molar-refractivity contribution >= 4 is 27.7 Å². The van der Waals surface area contributed by atoms with Gasteiger partial charge in [0.1, 0.15) is 5.75 Å². The van der Waals surface area contributed by atoms with E-state index < -0.39 is 11.8 Å². The second-order valence-electron chi connectivity index (χ2n) is 6.05. The normalized spacial score (nSPS) is 10.4. The molecule has 0 aliphatic rings. The van der Waals surface area contributed by atoms with Crippen LogP contribution in [-0.2, 0) is 4.79 Å². The number of hydrazine groups is 1. The van der Waals surface area contributed by atoms with Crippen molar-refractivity contribution in [2.24, 2.45) is 0 Å². The van der Waals surface area contributed by atoms with E-state index in [1.54, 1.807) is 25.3 Å². The molecule has 3 aromatic carbocycles. The maximum Gasteiger partial charge on any atom is 0.269 e. The van der Waals surface area contributed by atoms with Gasteiger partial charge in [-0.25, -0.2) is 0 Å². The third kappa shape index (κ3) is 4.58. The van der Waals surface area contributed by atoms with Gasteiger partial charge in [0.05, 0.1) is 17.5 Å². The summed E-state index contributed by atoms with van der Waals surface area (Å²) in [4.78, 5) is 25.3. The topological polar surface area (TPSA) is 67.4 Å². The van der Waals surface area contributed by atoms with Crippen molar-refractivity contribution in [3.63, 3.8) is 0 Å². The first kappa shape index (κ1) is 19.6. The zero-order valence-corrected chi connectivity index (χ0v) is 16.8. The predicted octanol–water partition coefficient (Wildman–Crippen LogP) is 4.05. The number of carbonyl (C=O) groups excluding carboxylic acids is 2. The summed E-state index contributed by atoms with van der Waals surface area (Å²) in [5.41, 5.74) is 7.10. The number of halogens is 1. The van der Waals surface area contributed by atoms with E-state index in [4.69, 9.17) is 4.74 Å². The van der Waals surface area contributed by atoms with E-state index in [9.17, 15) is 9.59 Å². The van der Waals surface area contributed by atoms with E-state index in [0.29, 0.717) is 15.8 Å². The summed E-state index contributed by atoms with van der Waals surface area (Å²) in [6.07, 6.45) is 0. The van der Waals surface area contributed by atoms with Gasteiger partial charge in [-0.15, -0.1) is 0 Å². The predicted molar refractivity (Wildman–Crippen MR) is 111 cm³/mol. The number of hydrogen-bond acceptors (Lipinski definition) is 3. The van der Waals surface area contributed by atoms with Gasteiger partial charge >= 0.3 is 0 Å². The lowest BCUT2D eigenvalue weighted by Gasteiger charge is -2.18. The van der Waals surface area contributed by atoms with Crippen molar-refractivity contribution in [3.05, 3.63) is 100 Å². The van der Waals surface area contributed by atoms with Crippen LogP contribution in [0.15, 0.2) is 83.3 Å². The number of amides is 2. The number of carbonyl (C=O) groups is 2. The van der Waals surface area contributed by atoms with Gasteiger partial charge in [0.2, 0.25) is 5.91 Å². The van der Waals surface area contributed by atoms with Crippen molar-refractivity contribution in [2.45, 2.75) is 5.92 Å². The molecule has 0 aliphatic carbocycles. The van der Waals surface area contributed by atoms with Crippen LogP contribution in [0.5, 0.6) is 5.75 Å². The summed E-state index contributed by atoms with van der Waals surface area (Å²) in [6.45, 7) is 0. The number of rotatable bonds is 5. The molecule has 0 saturated heterocycles. The summed E-state index contributed by atoms with van der Waals surface area (Å²) >= 11 is 3.35. The van der Waals surface area contributed by atoms with Crippen molar-refractivity contribution in [3.8, 4) is 5.75 Å². The fourth-order valence-corrected chi connectivity index (χ4v) is 3.40. The van der Waals surface area contributed by atoms with Crippen LogP contribution in [0.3, 0.4) is 0 Å². The maximum absolute atomic E-state index is 12.9. The van der Waals surface area contributed by atoms with Crippen LogP contribution < -0.4 is 15.6 Å². The first-order valence-electron chi connectivity index (χ1n) is 8.64. The van der Waals surface area contributed by atoms with Crippen molar-refractivity contribution < 1.29 is 14.3 Å². The summed E-state index contributed by atoms with van der Waals surface area (Å²) in [5.74, 6) is -0.658. The monoisotopic (exact) mass is 438 g/mol. The number of nitrogens with one attached hydrogen (secondary N) is 2. The van der Waals surface area contributed by atoms with Crippen molar-refractivity contribution in [1.29, 1.82) is 0 Å². The molecule has 5 nitrogen and oxygen atoms in total. The Morgan fingerprint density at radius 1 is 0.857 bits per heavy atom. The fraction of sp³-hybridized carbons (Fsp3) is 0.0909. The Hall–Kier alpha value is -3.12. The minimum atomic E-state index is -0.537. The Balaban J connectivity index is 1.75. The van der Waals surface area contributed by atoms with Gasteiger partial charge in [0.25, 0.3) is 5.91 Å². The molecule has 0 fully saturated rings. The Kier molecular flexibility index (Phi) is 6.45. The lowest BCUT2D eigenvalue weighted by Crippen LogP contribution is -2.44. The second-order valence-corrected chi connectivity index (χ2v) is 6.90. The zero-order chi connectivity index (χ0) is 19.9. The minimum Gasteiger partial charge on any atom is -0.496 e. The average Bonchev–Trinajstić information content (AvgIpc) is 2.73. The highest BCUT2D eigenvalue weighted by molar-refractivity contribution is 9.10. The molecular weight excluding hydrogens is 420 g/mol. The lowest BCUT2D eigenvalue weighted by molar-refractivity contribution is -0.122. The molecule has 6 heteroatoms. The van der Waals surface area contributed by atoms with Gasteiger partial charge in [0, 0.05) is 5.56 Å². The van der Waals surface area contributed by atoms with Crippen LogP contribution in [0, 0.1) is 0 Å². The molecule has 0 spiro atoms. The van der Waals surface area contributed by atoms with Crippen LogP contribution in [0.2, 0.25) is 0 Å².